The molecule has 2 aromatic rings. The zero-order valence-corrected chi connectivity index (χ0v) is 16.7. The molecule has 0 bridgehead atoms. The van der Waals surface area contributed by atoms with E-state index < -0.39 is 27.7 Å². The number of amides is 1. The zero-order valence-electron chi connectivity index (χ0n) is 15.9. The van der Waals surface area contributed by atoms with Crippen LogP contribution in [0.2, 0.25) is 0 Å². The lowest BCUT2D eigenvalue weighted by atomic mass is 10.1. The number of nitrogens with one attached hydrogen (secondary N) is 1. The molecule has 3 rings (SSSR count). The molecule has 0 radical (unpaired) electrons. The average molecular weight is 439 g/mol. The Morgan fingerprint density at radius 1 is 1.03 bits per heavy atom. The van der Waals surface area contributed by atoms with E-state index in [4.69, 9.17) is 0 Å². The summed E-state index contributed by atoms with van der Waals surface area (Å²) in [5.41, 5.74) is 0.107. The highest BCUT2D eigenvalue weighted by Crippen LogP contribution is 2.32. The Hall–Kier alpha value is -2.85. The van der Waals surface area contributed by atoms with Gasteiger partial charge in [0.25, 0.3) is 0 Å². The second kappa shape index (κ2) is 8.49. The summed E-state index contributed by atoms with van der Waals surface area (Å²) < 4.78 is 65.8. The van der Waals surface area contributed by atoms with Gasteiger partial charge in [0.2, 0.25) is 15.9 Å². The molecule has 0 unspecified atom stereocenters. The van der Waals surface area contributed by atoms with Crippen LogP contribution in [0.4, 0.5) is 24.5 Å². The number of sulfonamides is 1. The summed E-state index contributed by atoms with van der Waals surface area (Å²) in [7, 11) is -3.76. The number of hydrogen-bond donors (Lipinski definition) is 1. The molecule has 0 spiro atoms. The van der Waals surface area contributed by atoms with Crippen molar-refractivity contribution in [2.45, 2.75) is 11.1 Å². The van der Waals surface area contributed by atoms with Crippen LogP contribution >= 0.6 is 0 Å². The molecular weight excluding hydrogens is 419 g/mol. The van der Waals surface area contributed by atoms with Gasteiger partial charge in [-0.15, -0.1) is 0 Å². The van der Waals surface area contributed by atoms with Crippen molar-refractivity contribution in [2.24, 2.45) is 0 Å². The van der Waals surface area contributed by atoms with Crippen LogP contribution < -0.4 is 10.2 Å². The first-order chi connectivity index (χ1) is 14.1. The van der Waals surface area contributed by atoms with E-state index in [0.717, 1.165) is 18.2 Å². The van der Waals surface area contributed by atoms with Crippen molar-refractivity contribution in [3.05, 3.63) is 66.7 Å². The fraction of sp³-hybridized carbons (Fsp3) is 0.250. The van der Waals surface area contributed by atoms with E-state index in [1.807, 2.05) is 0 Å². The maximum atomic E-state index is 12.9. The molecule has 0 aliphatic carbocycles. The predicted molar refractivity (Wildman–Crippen MR) is 108 cm³/mol. The molecule has 6 nitrogen and oxygen atoms in total. The minimum atomic E-state index is -4.43. The first kappa shape index (κ1) is 21.8. The van der Waals surface area contributed by atoms with E-state index in [-0.39, 0.29) is 31.1 Å². The molecule has 30 heavy (non-hydrogen) atoms. The lowest BCUT2D eigenvalue weighted by Gasteiger charge is -2.35. The van der Waals surface area contributed by atoms with Crippen molar-refractivity contribution in [2.75, 3.05) is 36.4 Å². The molecule has 0 saturated carbocycles. The number of alkyl halides is 3. The molecule has 1 saturated heterocycles. The molecule has 1 aliphatic heterocycles. The van der Waals surface area contributed by atoms with Crippen LogP contribution in [0.3, 0.4) is 0 Å². The van der Waals surface area contributed by atoms with Crippen molar-refractivity contribution in [1.29, 1.82) is 0 Å². The van der Waals surface area contributed by atoms with Gasteiger partial charge >= 0.3 is 6.18 Å². The summed E-state index contributed by atoms with van der Waals surface area (Å²) in [5, 5.41) is 2.54. The van der Waals surface area contributed by atoms with E-state index in [2.05, 4.69) is 11.9 Å². The van der Waals surface area contributed by atoms with Gasteiger partial charge in [0, 0.05) is 37.6 Å². The molecule has 1 amide bonds. The van der Waals surface area contributed by atoms with Gasteiger partial charge in [0.1, 0.15) is 0 Å². The van der Waals surface area contributed by atoms with Gasteiger partial charge < -0.3 is 10.2 Å². The number of halogens is 3. The van der Waals surface area contributed by atoms with Gasteiger partial charge in [-0.3, -0.25) is 4.79 Å². The highest BCUT2D eigenvalue weighted by atomic mass is 32.2. The first-order valence-corrected chi connectivity index (χ1v) is 10.5. The Morgan fingerprint density at radius 2 is 1.67 bits per heavy atom. The summed E-state index contributed by atoms with van der Waals surface area (Å²) >= 11 is 0. The number of carbonyl (C=O) groups is 1. The highest BCUT2D eigenvalue weighted by molar-refractivity contribution is 7.89. The fourth-order valence-corrected chi connectivity index (χ4v) is 4.54. The summed E-state index contributed by atoms with van der Waals surface area (Å²) in [4.78, 5) is 13.1. The van der Waals surface area contributed by atoms with Crippen molar-refractivity contribution in [1.82, 2.24) is 4.31 Å². The molecule has 10 heteroatoms. The minimum Gasteiger partial charge on any atom is -0.369 e. The Labute approximate surface area is 172 Å². The number of nitrogens with zero attached hydrogens (tertiary/aromatic N) is 2. The largest absolute Gasteiger partial charge is 0.416 e. The van der Waals surface area contributed by atoms with Crippen LogP contribution in [0.1, 0.15) is 5.56 Å². The maximum absolute atomic E-state index is 12.9. The summed E-state index contributed by atoms with van der Waals surface area (Å²) in [6.07, 6.45) is -3.33. The molecule has 2 aromatic carbocycles. The molecule has 1 N–H and O–H groups in total. The monoisotopic (exact) mass is 439 g/mol. The summed E-state index contributed by atoms with van der Waals surface area (Å²) in [6.45, 7) is 4.18. The molecule has 1 aliphatic rings. The van der Waals surface area contributed by atoms with E-state index >= 15 is 0 Å². The van der Waals surface area contributed by atoms with Gasteiger partial charge in [-0.2, -0.15) is 17.5 Å². The highest BCUT2D eigenvalue weighted by Gasteiger charge is 2.32. The van der Waals surface area contributed by atoms with Crippen LogP contribution in [-0.4, -0.2) is 44.8 Å². The van der Waals surface area contributed by atoms with Crippen LogP contribution in [0, 0.1) is 0 Å². The van der Waals surface area contributed by atoms with Crippen LogP contribution in [0.5, 0.6) is 0 Å². The summed E-state index contributed by atoms with van der Waals surface area (Å²) in [6, 6.07) is 10.7. The van der Waals surface area contributed by atoms with Gasteiger partial charge in [-0.05, 0) is 48.5 Å². The number of piperazine rings is 1. The van der Waals surface area contributed by atoms with Crippen molar-refractivity contribution in [3.8, 4) is 0 Å². The molecule has 160 valence electrons. The molecule has 0 atom stereocenters. The number of rotatable bonds is 5. The topological polar surface area (TPSA) is 69.7 Å². The maximum Gasteiger partial charge on any atom is 0.416 e. The standard InChI is InChI=1S/C20H20F3N3O3S/c1-2-19(27)24-16-6-8-18(9-7-16)30(28,29)26-12-10-25(11-13-26)17-5-3-4-15(14-17)20(21,22)23/h2-9,14H,1,10-13H2,(H,24,27). The molecular formula is C20H20F3N3O3S. The van der Waals surface area contributed by atoms with Gasteiger partial charge in [-0.25, -0.2) is 8.42 Å². The van der Waals surface area contributed by atoms with Crippen LogP contribution in [-0.2, 0) is 21.0 Å². The Balaban J connectivity index is 1.68. The molecule has 1 heterocycles. The Morgan fingerprint density at radius 3 is 2.23 bits per heavy atom. The third kappa shape index (κ3) is 4.82. The van der Waals surface area contributed by atoms with E-state index in [1.54, 1.807) is 11.0 Å². The Bertz CT molecular complexity index is 1030. The van der Waals surface area contributed by atoms with Crippen LogP contribution in [0.15, 0.2) is 66.1 Å². The minimum absolute atomic E-state index is 0.0756. The zero-order chi connectivity index (χ0) is 21.9. The lowest BCUT2D eigenvalue weighted by Crippen LogP contribution is -2.48. The average Bonchev–Trinajstić information content (AvgIpc) is 2.73. The van der Waals surface area contributed by atoms with Crippen molar-refractivity contribution in [3.63, 3.8) is 0 Å². The molecule has 1 fully saturated rings. The normalized spacial score (nSPS) is 15.6. The first-order valence-electron chi connectivity index (χ1n) is 9.07. The second-order valence-electron chi connectivity index (χ2n) is 6.66. The van der Waals surface area contributed by atoms with E-state index in [1.165, 1.54) is 34.6 Å². The number of carbonyl (C=O) groups excluding carboxylic acids is 1. The number of anilines is 2. The second-order valence-corrected chi connectivity index (χ2v) is 8.59. The quantitative estimate of drug-likeness (QED) is 0.726. The van der Waals surface area contributed by atoms with Gasteiger partial charge in [-0.1, -0.05) is 12.6 Å². The van der Waals surface area contributed by atoms with Crippen molar-refractivity contribution < 1.29 is 26.4 Å². The van der Waals surface area contributed by atoms with E-state index in [0.29, 0.717) is 11.4 Å². The van der Waals surface area contributed by atoms with Gasteiger partial charge in [0.15, 0.2) is 0 Å². The SMILES string of the molecule is C=CC(=O)Nc1ccc(S(=O)(=O)N2CCN(c3cccc(C(F)(F)F)c3)CC2)cc1. The van der Waals surface area contributed by atoms with Crippen LogP contribution in [0.25, 0.3) is 0 Å². The van der Waals surface area contributed by atoms with Crippen molar-refractivity contribution >= 4 is 27.3 Å². The van der Waals surface area contributed by atoms with E-state index in [9.17, 15) is 26.4 Å². The molecule has 0 aromatic heterocycles. The number of hydrogen-bond acceptors (Lipinski definition) is 4. The number of benzene rings is 2. The summed E-state index contributed by atoms with van der Waals surface area (Å²) in [5.74, 6) is -0.406. The third-order valence-corrected chi connectivity index (χ3v) is 6.64. The lowest BCUT2D eigenvalue weighted by molar-refractivity contribution is -0.137. The smallest absolute Gasteiger partial charge is 0.369 e. The Kier molecular flexibility index (Phi) is 6.18. The predicted octanol–water partition coefficient (Wildman–Crippen LogP) is 3.34. The van der Waals surface area contributed by atoms with Gasteiger partial charge in [0.05, 0.1) is 10.5 Å². The third-order valence-electron chi connectivity index (χ3n) is 4.72. The fourth-order valence-electron chi connectivity index (χ4n) is 3.12.